The highest BCUT2D eigenvalue weighted by Gasteiger charge is 2.20. The summed E-state index contributed by atoms with van der Waals surface area (Å²) >= 11 is 0. The largest absolute Gasteiger partial charge is 0.436 e. The van der Waals surface area contributed by atoms with Crippen molar-refractivity contribution in [1.82, 2.24) is 20.1 Å². The summed E-state index contributed by atoms with van der Waals surface area (Å²) in [6, 6.07) is 4.71. The van der Waals surface area contributed by atoms with Gasteiger partial charge in [-0.1, -0.05) is 6.07 Å². The SMILES string of the molecule is CCn1cc(Oc2ccc(CNC3CC3)c(C)n2)cn1. The molecule has 0 unspecified atom stereocenters. The van der Waals surface area contributed by atoms with Crippen LogP contribution in [0.5, 0.6) is 11.6 Å². The normalized spacial score (nSPS) is 14.5. The molecular weight excluding hydrogens is 252 g/mol. The van der Waals surface area contributed by atoms with Gasteiger partial charge in [-0.3, -0.25) is 4.68 Å². The number of nitrogens with zero attached hydrogens (tertiary/aromatic N) is 3. The molecule has 3 rings (SSSR count). The van der Waals surface area contributed by atoms with Crippen molar-refractivity contribution in [2.24, 2.45) is 0 Å². The van der Waals surface area contributed by atoms with E-state index in [1.807, 2.05) is 30.8 Å². The molecule has 20 heavy (non-hydrogen) atoms. The first kappa shape index (κ1) is 13.1. The van der Waals surface area contributed by atoms with Gasteiger partial charge in [0.25, 0.3) is 0 Å². The Balaban J connectivity index is 1.65. The lowest BCUT2D eigenvalue weighted by atomic mass is 10.2. The molecule has 106 valence electrons. The highest BCUT2D eigenvalue weighted by Crippen LogP contribution is 2.22. The molecule has 0 aromatic carbocycles. The smallest absolute Gasteiger partial charge is 0.219 e. The zero-order valence-electron chi connectivity index (χ0n) is 12.0. The second-order valence-electron chi connectivity index (χ2n) is 5.18. The average Bonchev–Trinajstić information content (AvgIpc) is 3.16. The van der Waals surface area contributed by atoms with Crippen LogP contribution in [0.1, 0.15) is 31.0 Å². The summed E-state index contributed by atoms with van der Waals surface area (Å²) in [5.41, 5.74) is 2.24. The molecule has 2 aromatic rings. The summed E-state index contributed by atoms with van der Waals surface area (Å²) in [4.78, 5) is 4.50. The van der Waals surface area contributed by atoms with E-state index in [1.54, 1.807) is 6.20 Å². The highest BCUT2D eigenvalue weighted by atomic mass is 16.5. The van der Waals surface area contributed by atoms with E-state index < -0.39 is 0 Å². The third-order valence-corrected chi connectivity index (χ3v) is 3.48. The second-order valence-corrected chi connectivity index (χ2v) is 5.18. The third-order valence-electron chi connectivity index (χ3n) is 3.48. The minimum absolute atomic E-state index is 0.619. The summed E-state index contributed by atoms with van der Waals surface area (Å²) in [5.74, 6) is 1.34. The minimum atomic E-state index is 0.619. The Morgan fingerprint density at radius 2 is 2.25 bits per heavy atom. The number of ether oxygens (including phenoxy) is 1. The van der Waals surface area contributed by atoms with Gasteiger partial charge in [0.2, 0.25) is 5.88 Å². The zero-order valence-corrected chi connectivity index (χ0v) is 12.0. The van der Waals surface area contributed by atoms with E-state index in [2.05, 4.69) is 21.5 Å². The van der Waals surface area contributed by atoms with Crippen molar-refractivity contribution in [2.75, 3.05) is 0 Å². The van der Waals surface area contributed by atoms with Crippen molar-refractivity contribution < 1.29 is 4.74 Å². The fourth-order valence-corrected chi connectivity index (χ4v) is 2.04. The molecule has 5 heteroatoms. The summed E-state index contributed by atoms with van der Waals surface area (Å²) in [7, 11) is 0. The van der Waals surface area contributed by atoms with Gasteiger partial charge >= 0.3 is 0 Å². The van der Waals surface area contributed by atoms with Gasteiger partial charge < -0.3 is 10.1 Å². The monoisotopic (exact) mass is 272 g/mol. The van der Waals surface area contributed by atoms with Gasteiger partial charge in [-0.05, 0) is 32.3 Å². The summed E-state index contributed by atoms with van der Waals surface area (Å²) in [6.45, 7) is 5.78. The van der Waals surface area contributed by atoms with Gasteiger partial charge in [-0.2, -0.15) is 5.10 Å². The van der Waals surface area contributed by atoms with Crippen molar-refractivity contribution >= 4 is 0 Å². The molecule has 0 atom stereocenters. The minimum Gasteiger partial charge on any atom is -0.436 e. The first-order valence-electron chi connectivity index (χ1n) is 7.15. The van der Waals surface area contributed by atoms with Crippen LogP contribution >= 0.6 is 0 Å². The molecule has 0 amide bonds. The van der Waals surface area contributed by atoms with Crippen molar-refractivity contribution in [3.63, 3.8) is 0 Å². The molecule has 2 aromatic heterocycles. The number of aryl methyl sites for hydroxylation is 2. The van der Waals surface area contributed by atoms with E-state index in [0.717, 1.165) is 24.5 Å². The van der Waals surface area contributed by atoms with Gasteiger partial charge in [0.05, 0.1) is 12.4 Å². The van der Waals surface area contributed by atoms with E-state index in [0.29, 0.717) is 11.9 Å². The molecule has 0 spiro atoms. The van der Waals surface area contributed by atoms with Crippen molar-refractivity contribution in [2.45, 2.75) is 45.8 Å². The number of rotatable bonds is 6. The van der Waals surface area contributed by atoms with E-state index in [-0.39, 0.29) is 0 Å². The Morgan fingerprint density at radius 3 is 2.90 bits per heavy atom. The van der Waals surface area contributed by atoms with Crippen LogP contribution in [0, 0.1) is 6.92 Å². The molecule has 0 bridgehead atoms. The maximum atomic E-state index is 5.72. The first-order valence-corrected chi connectivity index (χ1v) is 7.15. The first-order chi connectivity index (χ1) is 9.74. The van der Waals surface area contributed by atoms with Crippen molar-refractivity contribution in [3.8, 4) is 11.6 Å². The van der Waals surface area contributed by atoms with Crippen LogP contribution in [0.25, 0.3) is 0 Å². The lowest BCUT2D eigenvalue weighted by molar-refractivity contribution is 0.459. The molecule has 1 N–H and O–H groups in total. The topological polar surface area (TPSA) is 52.0 Å². The summed E-state index contributed by atoms with van der Waals surface area (Å²) in [5, 5.41) is 7.68. The van der Waals surface area contributed by atoms with Crippen LogP contribution in [-0.2, 0) is 13.1 Å². The second kappa shape index (κ2) is 5.63. The van der Waals surface area contributed by atoms with E-state index in [9.17, 15) is 0 Å². The molecule has 1 aliphatic carbocycles. The Hall–Kier alpha value is -1.88. The fraction of sp³-hybridized carbons (Fsp3) is 0.467. The summed E-state index contributed by atoms with van der Waals surface area (Å²) in [6.07, 6.45) is 6.19. The van der Waals surface area contributed by atoms with Crippen LogP contribution in [0.4, 0.5) is 0 Å². The predicted molar refractivity (Wildman–Crippen MR) is 76.8 cm³/mol. The van der Waals surface area contributed by atoms with E-state index in [4.69, 9.17) is 4.74 Å². The maximum Gasteiger partial charge on any atom is 0.219 e. The number of aromatic nitrogens is 3. The molecule has 2 heterocycles. The molecule has 1 aliphatic rings. The number of hydrogen-bond donors (Lipinski definition) is 1. The van der Waals surface area contributed by atoms with Gasteiger partial charge in [-0.25, -0.2) is 4.98 Å². The lowest BCUT2D eigenvalue weighted by Crippen LogP contribution is -2.16. The van der Waals surface area contributed by atoms with Gasteiger partial charge in [0, 0.05) is 30.9 Å². The Bertz CT molecular complexity index is 589. The molecule has 5 nitrogen and oxygen atoms in total. The van der Waals surface area contributed by atoms with Gasteiger partial charge in [0.15, 0.2) is 5.75 Å². The summed E-state index contributed by atoms with van der Waals surface area (Å²) < 4.78 is 7.55. The lowest BCUT2D eigenvalue weighted by Gasteiger charge is -2.08. The molecule has 1 saturated carbocycles. The Kier molecular flexibility index (Phi) is 3.69. The van der Waals surface area contributed by atoms with Gasteiger partial charge in [0.1, 0.15) is 0 Å². The fourth-order valence-electron chi connectivity index (χ4n) is 2.04. The number of pyridine rings is 1. The predicted octanol–water partition coefficient (Wildman–Crippen LogP) is 2.65. The molecule has 0 radical (unpaired) electrons. The van der Waals surface area contributed by atoms with Crippen molar-refractivity contribution in [1.29, 1.82) is 0 Å². The van der Waals surface area contributed by atoms with Crippen molar-refractivity contribution in [3.05, 3.63) is 35.8 Å². The third kappa shape index (κ3) is 3.17. The standard InChI is InChI=1S/C15H20N4O/c1-3-19-10-14(9-17-19)20-15-7-4-12(11(2)18-15)8-16-13-5-6-13/h4,7,9-10,13,16H,3,5-6,8H2,1-2H3. The average molecular weight is 272 g/mol. The van der Waals surface area contributed by atoms with Gasteiger partial charge in [-0.15, -0.1) is 0 Å². The molecule has 0 aliphatic heterocycles. The van der Waals surface area contributed by atoms with Crippen LogP contribution in [0.3, 0.4) is 0 Å². The molecule has 0 saturated heterocycles. The highest BCUT2D eigenvalue weighted by molar-refractivity contribution is 5.28. The quantitative estimate of drug-likeness (QED) is 0.878. The van der Waals surface area contributed by atoms with E-state index in [1.165, 1.54) is 18.4 Å². The Morgan fingerprint density at radius 1 is 1.40 bits per heavy atom. The van der Waals surface area contributed by atoms with Crippen LogP contribution in [0.15, 0.2) is 24.5 Å². The zero-order chi connectivity index (χ0) is 13.9. The number of hydrogen-bond acceptors (Lipinski definition) is 4. The molecular formula is C15H20N4O. The van der Waals surface area contributed by atoms with Crippen LogP contribution < -0.4 is 10.1 Å². The maximum absolute atomic E-state index is 5.72. The molecule has 1 fully saturated rings. The van der Waals surface area contributed by atoms with Crippen LogP contribution in [-0.4, -0.2) is 20.8 Å². The Labute approximate surface area is 119 Å². The van der Waals surface area contributed by atoms with E-state index >= 15 is 0 Å². The van der Waals surface area contributed by atoms with Crippen LogP contribution in [0.2, 0.25) is 0 Å². The number of nitrogens with one attached hydrogen (secondary N) is 1.